The van der Waals surface area contributed by atoms with E-state index in [1.54, 1.807) is 18.2 Å². The number of halogens is 1. The molecular formula is C10H8ClNOS. The minimum atomic E-state index is 0.0138. The molecule has 0 atom stereocenters. The van der Waals surface area contributed by atoms with E-state index >= 15 is 0 Å². The molecule has 72 valence electrons. The molecule has 0 aliphatic rings. The van der Waals surface area contributed by atoms with Gasteiger partial charge in [-0.2, -0.15) is 17.9 Å². The summed E-state index contributed by atoms with van der Waals surface area (Å²) in [5.74, 6) is 0.219. The Hall–Kier alpha value is -0.980. The first-order valence-corrected chi connectivity index (χ1v) is 4.99. The molecule has 0 N–H and O–H groups in total. The molecule has 0 saturated heterocycles. The van der Waals surface area contributed by atoms with Crippen LogP contribution in [0.15, 0.2) is 18.2 Å². The third kappa shape index (κ3) is 2.76. The van der Waals surface area contributed by atoms with Gasteiger partial charge in [0, 0.05) is 17.2 Å². The summed E-state index contributed by atoms with van der Waals surface area (Å²) in [5, 5.41) is 9.05. The number of benzene rings is 1. The number of Topliss-reactive ketones (excluding diaryl/α,β-unsaturated/α-hetero) is 1. The van der Waals surface area contributed by atoms with Crippen LogP contribution in [0, 0.1) is 11.3 Å². The van der Waals surface area contributed by atoms with Crippen molar-refractivity contribution in [3.8, 4) is 6.07 Å². The van der Waals surface area contributed by atoms with Gasteiger partial charge < -0.3 is 0 Å². The van der Waals surface area contributed by atoms with E-state index in [0.717, 1.165) is 5.56 Å². The van der Waals surface area contributed by atoms with Gasteiger partial charge in [-0.3, -0.25) is 4.79 Å². The second-order valence-corrected chi connectivity index (χ2v) is 3.51. The molecular weight excluding hydrogens is 218 g/mol. The standard InChI is InChI=1S/C10H8ClNOS/c11-10-3-7(5-12)1-2-8(10)4-9(13)6-14/h1-3,14H,4,6H2. The number of ketones is 1. The van der Waals surface area contributed by atoms with Gasteiger partial charge in [0.1, 0.15) is 5.78 Å². The Labute approximate surface area is 92.9 Å². The lowest BCUT2D eigenvalue weighted by molar-refractivity contribution is -0.115. The van der Waals surface area contributed by atoms with Crippen LogP contribution in [0.4, 0.5) is 0 Å². The first kappa shape index (κ1) is 11.1. The van der Waals surface area contributed by atoms with Crippen molar-refractivity contribution in [2.75, 3.05) is 5.75 Å². The summed E-state index contributed by atoms with van der Waals surface area (Å²) in [4.78, 5) is 11.1. The largest absolute Gasteiger partial charge is 0.298 e. The molecule has 0 aliphatic carbocycles. The first-order valence-electron chi connectivity index (χ1n) is 3.98. The van der Waals surface area contributed by atoms with Crippen LogP contribution < -0.4 is 0 Å². The monoisotopic (exact) mass is 225 g/mol. The van der Waals surface area contributed by atoms with E-state index < -0.39 is 0 Å². The maximum absolute atomic E-state index is 11.1. The molecule has 14 heavy (non-hydrogen) atoms. The molecule has 0 saturated carbocycles. The fourth-order valence-corrected chi connectivity index (χ4v) is 1.39. The van der Waals surface area contributed by atoms with Gasteiger partial charge in [0.2, 0.25) is 0 Å². The van der Waals surface area contributed by atoms with Gasteiger partial charge in [-0.15, -0.1) is 0 Å². The quantitative estimate of drug-likeness (QED) is 0.802. The SMILES string of the molecule is N#Cc1ccc(CC(=O)CS)c(Cl)c1. The third-order valence-corrected chi connectivity index (χ3v) is 2.45. The van der Waals surface area contributed by atoms with Gasteiger partial charge in [0.15, 0.2) is 0 Å². The molecule has 0 radical (unpaired) electrons. The minimum absolute atomic E-state index is 0.0138. The molecule has 0 unspecified atom stereocenters. The Balaban J connectivity index is 2.90. The highest BCUT2D eigenvalue weighted by Gasteiger charge is 2.06. The van der Waals surface area contributed by atoms with Gasteiger partial charge in [0.25, 0.3) is 0 Å². The zero-order chi connectivity index (χ0) is 10.6. The predicted octanol–water partition coefficient (Wildman–Crippen LogP) is 2.25. The molecule has 1 rings (SSSR count). The van der Waals surface area contributed by atoms with Crippen LogP contribution in [0.25, 0.3) is 0 Å². The summed E-state index contributed by atoms with van der Waals surface area (Å²) in [5.41, 5.74) is 1.24. The Bertz CT molecular complexity index is 398. The second kappa shape index (κ2) is 5.04. The predicted molar refractivity (Wildman–Crippen MR) is 58.7 cm³/mol. The van der Waals surface area contributed by atoms with Crippen molar-refractivity contribution >= 4 is 30.0 Å². The van der Waals surface area contributed by atoms with Gasteiger partial charge in [0.05, 0.1) is 11.6 Å². The number of nitriles is 1. The molecule has 0 aromatic heterocycles. The molecule has 1 aromatic rings. The number of hydrogen-bond acceptors (Lipinski definition) is 3. The Morgan fingerprint density at radius 3 is 2.79 bits per heavy atom. The third-order valence-electron chi connectivity index (χ3n) is 1.75. The molecule has 4 heteroatoms. The van der Waals surface area contributed by atoms with Gasteiger partial charge >= 0.3 is 0 Å². The molecule has 0 bridgehead atoms. The van der Waals surface area contributed by atoms with Crippen molar-refractivity contribution in [2.24, 2.45) is 0 Å². The Morgan fingerprint density at radius 1 is 1.57 bits per heavy atom. The van der Waals surface area contributed by atoms with E-state index in [1.807, 2.05) is 6.07 Å². The van der Waals surface area contributed by atoms with Crippen LogP contribution in [0.5, 0.6) is 0 Å². The molecule has 2 nitrogen and oxygen atoms in total. The number of thiol groups is 1. The fraction of sp³-hybridized carbons (Fsp3) is 0.200. The van der Waals surface area contributed by atoms with Gasteiger partial charge in [-0.1, -0.05) is 17.7 Å². The van der Waals surface area contributed by atoms with Gasteiger partial charge in [-0.25, -0.2) is 0 Å². The number of carbonyl (C=O) groups is 1. The Morgan fingerprint density at radius 2 is 2.29 bits per heavy atom. The molecule has 1 aromatic carbocycles. The van der Waals surface area contributed by atoms with Crippen LogP contribution in [-0.2, 0) is 11.2 Å². The van der Waals surface area contributed by atoms with Crippen LogP contribution in [0.3, 0.4) is 0 Å². The van der Waals surface area contributed by atoms with Crippen LogP contribution in [0.1, 0.15) is 11.1 Å². The fourth-order valence-electron chi connectivity index (χ4n) is 1.03. The minimum Gasteiger partial charge on any atom is -0.298 e. The van der Waals surface area contributed by atoms with Crippen molar-refractivity contribution in [1.82, 2.24) is 0 Å². The average Bonchev–Trinajstić information content (AvgIpc) is 2.20. The highest BCUT2D eigenvalue weighted by molar-refractivity contribution is 7.81. The van der Waals surface area contributed by atoms with Crippen LogP contribution >= 0.6 is 24.2 Å². The number of nitrogens with zero attached hydrogens (tertiary/aromatic N) is 1. The molecule has 0 fully saturated rings. The zero-order valence-corrected chi connectivity index (χ0v) is 8.98. The van der Waals surface area contributed by atoms with E-state index in [2.05, 4.69) is 12.6 Å². The van der Waals surface area contributed by atoms with Crippen molar-refractivity contribution < 1.29 is 4.79 Å². The lowest BCUT2D eigenvalue weighted by Gasteiger charge is -2.02. The normalized spacial score (nSPS) is 9.50. The van der Waals surface area contributed by atoms with Crippen molar-refractivity contribution in [3.05, 3.63) is 34.3 Å². The molecule has 0 heterocycles. The summed E-state index contributed by atoms with van der Waals surface area (Å²) in [6.45, 7) is 0. The first-order chi connectivity index (χ1) is 6.67. The van der Waals surface area contributed by atoms with Crippen molar-refractivity contribution in [3.63, 3.8) is 0 Å². The van der Waals surface area contributed by atoms with Crippen molar-refractivity contribution in [2.45, 2.75) is 6.42 Å². The van der Waals surface area contributed by atoms with Crippen LogP contribution in [-0.4, -0.2) is 11.5 Å². The summed E-state index contributed by atoms with van der Waals surface area (Å²) >= 11 is 9.75. The van der Waals surface area contributed by atoms with E-state index in [-0.39, 0.29) is 18.0 Å². The van der Waals surface area contributed by atoms with E-state index in [0.29, 0.717) is 10.6 Å². The summed E-state index contributed by atoms with van der Waals surface area (Å²) in [6.07, 6.45) is 0.272. The van der Waals surface area contributed by atoms with Crippen molar-refractivity contribution in [1.29, 1.82) is 5.26 Å². The lowest BCUT2D eigenvalue weighted by atomic mass is 10.1. The highest BCUT2D eigenvalue weighted by atomic mass is 35.5. The second-order valence-electron chi connectivity index (χ2n) is 2.79. The van der Waals surface area contributed by atoms with E-state index in [1.165, 1.54) is 0 Å². The van der Waals surface area contributed by atoms with Crippen LogP contribution in [0.2, 0.25) is 5.02 Å². The molecule has 0 amide bonds. The smallest absolute Gasteiger partial charge is 0.146 e. The van der Waals surface area contributed by atoms with E-state index in [9.17, 15) is 4.79 Å². The average molecular weight is 226 g/mol. The number of hydrogen-bond donors (Lipinski definition) is 1. The number of carbonyl (C=O) groups excluding carboxylic acids is 1. The van der Waals surface area contributed by atoms with Gasteiger partial charge in [-0.05, 0) is 17.7 Å². The zero-order valence-electron chi connectivity index (χ0n) is 7.33. The highest BCUT2D eigenvalue weighted by Crippen LogP contribution is 2.18. The van der Waals surface area contributed by atoms with E-state index in [4.69, 9.17) is 16.9 Å². The Kier molecular flexibility index (Phi) is 3.99. The summed E-state index contributed by atoms with van der Waals surface area (Å²) in [6, 6.07) is 6.88. The topological polar surface area (TPSA) is 40.9 Å². The maximum Gasteiger partial charge on any atom is 0.146 e. The summed E-state index contributed by atoms with van der Waals surface area (Å²) in [7, 11) is 0. The molecule has 0 aliphatic heterocycles. The summed E-state index contributed by atoms with van der Waals surface area (Å²) < 4.78 is 0. The maximum atomic E-state index is 11.1. The number of rotatable bonds is 3. The molecule has 0 spiro atoms. The lowest BCUT2D eigenvalue weighted by Crippen LogP contribution is -2.04.